The SMILES string of the molecule is O=C(CO)C1(O)CC2CCCCC2C1. The highest BCUT2D eigenvalue weighted by Gasteiger charge is 2.48. The van der Waals surface area contributed by atoms with E-state index in [4.69, 9.17) is 5.11 Å². The third-order valence-corrected chi connectivity index (χ3v) is 3.93. The van der Waals surface area contributed by atoms with Crippen LogP contribution in [0.2, 0.25) is 0 Å². The lowest BCUT2D eigenvalue weighted by Crippen LogP contribution is -2.38. The Morgan fingerprint density at radius 1 is 1.21 bits per heavy atom. The number of ketones is 1. The van der Waals surface area contributed by atoms with Crippen molar-refractivity contribution in [3.05, 3.63) is 0 Å². The van der Waals surface area contributed by atoms with E-state index >= 15 is 0 Å². The molecule has 0 aromatic rings. The first-order valence-electron chi connectivity index (χ1n) is 5.52. The Bertz CT molecular complexity index is 223. The molecule has 0 amide bonds. The van der Waals surface area contributed by atoms with Gasteiger partial charge in [-0.3, -0.25) is 4.79 Å². The number of fused-ring (bicyclic) bond motifs is 1. The Morgan fingerprint density at radius 3 is 2.14 bits per heavy atom. The lowest BCUT2D eigenvalue weighted by molar-refractivity contribution is -0.140. The van der Waals surface area contributed by atoms with E-state index in [2.05, 4.69) is 0 Å². The molecule has 2 aliphatic carbocycles. The van der Waals surface area contributed by atoms with Crippen molar-refractivity contribution in [2.24, 2.45) is 11.8 Å². The van der Waals surface area contributed by atoms with E-state index in [1.807, 2.05) is 0 Å². The van der Waals surface area contributed by atoms with Gasteiger partial charge >= 0.3 is 0 Å². The van der Waals surface area contributed by atoms with Crippen molar-refractivity contribution in [1.82, 2.24) is 0 Å². The van der Waals surface area contributed by atoms with E-state index in [0.29, 0.717) is 24.7 Å². The standard InChI is InChI=1S/C11H18O3/c12-7-10(13)11(14)5-8-3-1-2-4-9(8)6-11/h8-9,12,14H,1-7H2. The molecule has 0 saturated heterocycles. The Morgan fingerprint density at radius 2 is 1.71 bits per heavy atom. The minimum absolute atomic E-state index is 0.382. The first-order valence-corrected chi connectivity index (χ1v) is 5.52. The van der Waals surface area contributed by atoms with Crippen LogP contribution in [0.25, 0.3) is 0 Å². The molecule has 0 bridgehead atoms. The molecule has 2 unspecified atom stereocenters. The number of Topliss-reactive ketones (excluding diaryl/α,β-unsaturated/α-hetero) is 1. The second-order valence-electron chi connectivity index (χ2n) is 4.83. The molecule has 2 fully saturated rings. The van der Waals surface area contributed by atoms with E-state index < -0.39 is 12.2 Å². The van der Waals surface area contributed by atoms with Crippen molar-refractivity contribution in [2.45, 2.75) is 44.1 Å². The Hall–Kier alpha value is -0.410. The van der Waals surface area contributed by atoms with Crippen molar-refractivity contribution in [2.75, 3.05) is 6.61 Å². The van der Waals surface area contributed by atoms with Gasteiger partial charge in [0.2, 0.25) is 0 Å². The maximum atomic E-state index is 11.4. The smallest absolute Gasteiger partial charge is 0.189 e. The van der Waals surface area contributed by atoms with Gasteiger partial charge in [-0.2, -0.15) is 0 Å². The molecule has 0 aromatic carbocycles. The summed E-state index contributed by atoms with van der Waals surface area (Å²) in [4.78, 5) is 11.4. The molecule has 2 atom stereocenters. The second-order valence-corrected chi connectivity index (χ2v) is 4.83. The average molecular weight is 198 g/mol. The number of rotatable bonds is 2. The molecule has 3 heteroatoms. The van der Waals surface area contributed by atoms with Gasteiger partial charge in [0.15, 0.2) is 5.78 Å². The first-order chi connectivity index (χ1) is 6.65. The maximum absolute atomic E-state index is 11.4. The van der Waals surface area contributed by atoms with E-state index in [9.17, 15) is 9.90 Å². The monoisotopic (exact) mass is 198 g/mol. The van der Waals surface area contributed by atoms with Crippen LogP contribution in [0.3, 0.4) is 0 Å². The van der Waals surface area contributed by atoms with Crippen LogP contribution in [-0.4, -0.2) is 28.2 Å². The van der Waals surface area contributed by atoms with Gasteiger partial charge in [-0.05, 0) is 24.7 Å². The van der Waals surface area contributed by atoms with Crippen LogP contribution >= 0.6 is 0 Å². The zero-order chi connectivity index (χ0) is 10.2. The third kappa shape index (κ3) is 1.59. The molecular formula is C11H18O3. The predicted octanol–water partition coefficient (Wildman–Crippen LogP) is 0.879. The second kappa shape index (κ2) is 3.63. The van der Waals surface area contributed by atoms with E-state index in [1.54, 1.807) is 0 Å². The summed E-state index contributed by atoms with van der Waals surface area (Å²) < 4.78 is 0. The van der Waals surface area contributed by atoms with Gasteiger partial charge in [0, 0.05) is 0 Å². The predicted molar refractivity (Wildman–Crippen MR) is 51.7 cm³/mol. The molecular weight excluding hydrogens is 180 g/mol. The van der Waals surface area contributed by atoms with Crippen LogP contribution in [-0.2, 0) is 4.79 Å². The summed E-state index contributed by atoms with van der Waals surface area (Å²) in [6.45, 7) is -0.518. The average Bonchev–Trinajstić information content (AvgIpc) is 2.54. The van der Waals surface area contributed by atoms with E-state index in [1.165, 1.54) is 12.8 Å². The van der Waals surface area contributed by atoms with E-state index in [0.717, 1.165) is 12.8 Å². The molecule has 0 radical (unpaired) electrons. The largest absolute Gasteiger partial charge is 0.388 e. The van der Waals surface area contributed by atoms with Crippen LogP contribution in [0.5, 0.6) is 0 Å². The van der Waals surface area contributed by atoms with Crippen molar-refractivity contribution in [3.8, 4) is 0 Å². The number of hydrogen-bond acceptors (Lipinski definition) is 3. The van der Waals surface area contributed by atoms with Crippen molar-refractivity contribution in [3.63, 3.8) is 0 Å². The van der Waals surface area contributed by atoms with Crippen LogP contribution < -0.4 is 0 Å². The molecule has 0 spiro atoms. The molecule has 2 saturated carbocycles. The zero-order valence-corrected chi connectivity index (χ0v) is 8.41. The lowest BCUT2D eigenvalue weighted by atomic mass is 9.82. The van der Waals surface area contributed by atoms with Crippen LogP contribution in [0, 0.1) is 11.8 Å². The highest BCUT2D eigenvalue weighted by atomic mass is 16.3. The quantitative estimate of drug-likeness (QED) is 0.692. The highest BCUT2D eigenvalue weighted by molar-refractivity contribution is 5.88. The number of carbonyl (C=O) groups is 1. The molecule has 3 nitrogen and oxygen atoms in total. The van der Waals surface area contributed by atoms with Gasteiger partial charge in [-0.15, -0.1) is 0 Å². The summed E-state index contributed by atoms with van der Waals surface area (Å²) in [5.41, 5.74) is -1.20. The maximum Gasteiger partial charge on any atom is 0.189 e. The van der Waals surface area contributed by atoms with Gasteiger partial charge in [0.25, 0.3) is 0 Å². The van der Waals surface area contributed by atoms with Crippen LogP contribution in [0.15, 0.2) is 0 Å². The summed E-state index contributed by atoms with van der Waals surface area (Å²) in [5, 5.41) is 18.9. The topological polar surface area (TPSA) is 57.5 Å². The normalized spacial score (nSPS) is 42.1. The van der Waals surface area contributed by atoms with Crippen molar-refractivity contribution in [1.29, 1.82) is 0 Å². The summed E-state index contributed by atoms with van der Waals surface area (Å²) in [7, 11) is 0. The van der Waals surface area contributed by atoms with Crippen molar-refractivity contribution >= 4 is 5.78 Å². The first kappa shape index (κ1) is 10.1. The van der Waals surface area contributed by atoms with Crippen LogP contribution in [0.1, 0.15) is 38.5 Å². The summed E-state index contributed by atoms with van der Waals surface area (Å²) in [5.74, 6) is 0.653. The number of hydrogen-bond donors (Lipinski definition) is 2. The highest BCUT2D eigenvalue weighted by Crippen LogP contribution is 2.47. The molecule has 2 aliphatic rings. The third-order valence-electron chi connectivity index (χ3n) is 3.93. The molecule has 0 aliphatic heterocycles. The zero-order valence-electron chi connectivity index (χ0n) is 8.41. The molecule has 0 heterocycles. The number of aliphatic hydroxyl groups excluding tert-OH is 1. The van der Waals surface area contributed by atoms with Gasteiger partial charge < -0.3 is 10.2 Å². The van der Waals surface area contributed by atoms with Gasteiger partial charge in [-0.1, -0.05) is 25.7 Å². The van der Waals surface area contributed by atoms with Gasteiger partial charge in [0.1, 0.15) is 12.2 Å². The van der Waals surface area contributed by atoms with Crippen LogP contribution in [0.4, 0.5) is 0 Å². The number of carbonyl (C=O) groups excluding carboxylic acids is 1. The Balaban J connectivity index is 2.07. The fourth-order valence-corrected chi connectivity index (χ4v) is 3.15. The van der Waals surface area contributed by atoms with Crippen molar-refractivity contribution < 1.29 is 15.0 Å². The summed E-state index contributed by atoms with van der Waals surface area (Å²) in [6, 6.07) is 0. The summed E-state index contributed by atoms with van der Waals surface area (Å²) >= 11 is 0. The fourth-order valence-electron chi connectivity index (χ4n) is 3.15. The minimum Gasteiger partial charge on any atom is -0.388 e. The van der Waals surface area contributed by atoms with Gasteiger partial charge in [-0.25, -0.2) is 0 Å². The molecule has 14 heavy (non-hydrogen) atoms. The molecule has 0 aromatic heterocycles. The molecule has 2 rings (SSSR count). The van der Waals surface area contributed by atoms with E-state index in [-0.39, 0.29) is 5.78 Å². The lowest BCUT2D eigenvalue weighted by Gasteiger charge is -2.23. The van der Waals surface area contributed by atoms with Gasteiger partial charge in [0.05, 0.1) is 0 Å². The molecule has 2 N–H and O–H groups in total. The number of aliphatic hydroxyl groups is 2. The fraction of sp³-hybridized carbons (Fsp3) is 0.909. The Labute approximate surface area is 84.1 Å². The molecule has 80 valence electrons. The summed E-state index contributed by atoms with van der Waals surface area (Å²) in [6.07, 6.45) is 5.90. The minimum atomic E-state index is -1.20. The Kier molecular flexibility index (Phi) is 2.62.